The largest absolute Gasteiger partial charge is 0.479 e. The van der Waals surface area contributed by atoms with Crippen molar-refractivity contribution < 1.29 is 14.3 Å². The Kier molecular flexibility index (Phi) is 4.47. The van der Waals surface area contributed by atoms with E-state index in [9.17, 15) is 14.3 Å². The van der Waals surface area contributed by atoms with Crippen LogP contribution in [0.2, 0.25) is 10.0 Å². The van der Waals surface area contributed by atoms with Crippen molar-refractivity contribution in [1.29, 1.82) is 0 Å². The molecule has 0 fully saturated rings. The predicted molar refractivity (Wildman–Crippen MR) is 76.9 cm³/mol. The van der Waals surface area contributed by atoms with Gasteiger partial charge in [0.15, 0.2) is 11.9 Å². The Balaban J connectivity index is 2.32. The average molecular weight is 314 g/mol. The third-order valence-electron chi connectivity index (χ3n) is 2.67. The SMILES string of the molecule is O=C(O)C(Nc1cc(Cl)c(F)c(Cl)c1)c1ccccc1. The number of rotatable bonds is 4. The molecule has 0 aliphatic heterocycles. The molecule has 0 saturated carbocycles. The van der Waals surface area contributed by atoms with E-state index in [0.29, 0.717) is 11.3 Å². The highest BCUT2D eigenvalue weighted by Crippen LogP contribution is 2.29. The van der Waals surface area contributed by atoms with E-state index < -0.39 is 17.8 Å². The molecule has 3 nitrogen and oxygen atoms in total. The highest BCUT2D eigenvalue weighted by Gasteiger charge is 2.20. The maximum Gasteiger partial charge on any atom is 0.330 e. The summed E-state index contributed by atoms with van der Waals surface area (Å²) < 4.78 is 13.3. The monoisotopic (exact) mass is 313 g/mol. The predicted octanol–water partition coefficient (Wildman–Crippen LogP) is 4.37. The summed E-state index contributed by atoms with van der Waals surface area (Å²) in [5.74, 6) is -1.79. The first-order valence-corrected chi connectivity index (χ1v) is 6.43. The minimum atomic E-state index is -1.06. The van der Waals surface area contributed by atoms with E-state index in [4.69, 9.17) is 23.2 Å². The van der Waals surface area contributed by atoms with E-state index in [0.717, 1.165) is 0 Å². The second-order valence-electron chi connectivity index (χ2n) is 4.08. The van der Waals surface area contributed by atoms with Gasteiger partial charge in [-0.3, -0.25) is 0 Å². The number of anilines is 1. The third kappa shape index (κ3) is 3.21. The van der Waals surface area contributed by atoms with Gasteiger partial charge in [0, 0.05) is 5.69 Å². The molecule has 2 aromatic rings. The Hall–Kier alpha value is -1.78. The molecule has 0 aliphatic rings. The molecule has 0 spiro atoms. The molecular formula is C14H10Cl2FNO2. The number of hydrogen-bond acceptors (Lipinski definition) is 2. The van der Waals surface area contributed by atoms with Crippen LogP contribution in [0.4, 0.5) is 10.1 Å². The lowest BCUT2D eigenvalue weighted by molar-refractivity contribution is -0.138. The van der Waals surface area contributed by atoms with Crippen molar-refractivity contribution >= 4 is 34.9 Å². The van der Waals surface area contributed by atoms with Crippen molar-refractivity contribution in [2.24, 2.45) is 0 Å². The Morgan fingerprint density at radius 3 is 2.20 bits per heavy atom. The number of hydrogen-bond donors (Lipinski definition) is 2. The number of nitrogens with one attached hydrogen (secondary N) is 1. The number of carboxylic acid groups (broad SMARTS) is 1. The number of benzene rings is 2. The van der Waals surface area contributed by atoms with Gasteiger partial charge in [0.2, 0.25) is 0 Å². The normalized spacial score (nSPS) is 11.9. The second kappa shape index (κ2) is 6.11. The molecule has 0 heterocycles. The Labute approximate surface area is 124 Å². The van der Waals surface area contributed by atoms with Crippen LogP contribution in [0.15, 0.2) is 42.5 Å². The molecular weight excluding hydrogens is 304 g/mol. The molecule has 0 bridgehead atoms. The molecule has 2 N–H and O–H groups in total. The number of aliphatic carboxylic acids is 1. The molecule has 2 rings (SSSR count). The van der Waals surface area contributed by atoms with Gasteiger partial charge >= 0.3 is 5.97 Å². The van der Waals surface area contributed by atoms with Crippen LogP contribution < -0.4 is 5.32 Å². The minimum Gasteiger partial charge on any atom is -0.479 e. The molecule has 0 aliphatic carbocycles. The Morgan fingerprint density at radius 2 is 1.70 bits per heavy atom. The van der Waals surface area contributed by atoms with Gasteiger partial charge in [0.25, 0.3) is 0 Å². The maximum atomic E-state index is 13.3. The summed E-state index contributed by atoms with van der Waals surface area (Å²) in [4.78, 5) is 11.3. The molecule has 0 amide bonds. The molecule has 6 heteroatoms. The van der Waals surface area contributed by atoms with Gasteiger partial charge in [0.1, 0.15) is 0 Å². The van der Waals surface area contributed by atoms with Crippen molar-refractivity contribution in [3.8, 4) is 0 Å². The lowest BCUT2D eigenvalue weighted by Gasteiger charge is -2.16. The van der Waals surface area contributed by atoms with Gasteiger partial charge in [-0.05, 0) is 17.7 Å². The smallest absolute Gasteiger partial charge is 0.330 e. The van der Waals surface area contributed by atoms with E-state index in [-0.39, 0.29) is 10.0 Å². The number of carbonyl (C=O) groups is 1. The van der Waals surface area contributed by atoms with Crippen molar-refractivity contribution in [1.82, 2.24) is 0 Å². The average Bonchev–Trinajstić information content (AvgIpc) is 2.42. The second-order valence-corrected chi connectivity index (χ2v) is 4.89. The molecule has 1 unspecified atom stereocenters. The number of halogens is 3. The topological polar surface area (TPSA) is 49.3 Å². The van der Waals surface area contributed by atoms with Gasteiger partial charge in [-0.2, -0.15) is 0 Å². The van der Waals surface area contributed by atoms with Crippen LogP contribution in [0.5, 0.6) is 0 Å². The van der Waals surface area contributed by atoms with Crippen LogP contribution in [0, 0.1) is 5.82 Å². The van der Waals surface area contributed by atoms with Gasteiger partial charge < -0.3 is 10.4 Å². The summed E-state index contributed by atoms with van der Waals surface area (Å²) in [6.45, 7) is 0. The molecule has 0 radical (unpaired) electrons. The van der Waals surface area contributed by atoms with Gasteiger partial charge in [0.05, 0.1) is 10.0 Å². The van der Waals surface area contributed by atoms with E-state index in [2.05, 4.69) is 5.32 Å². The zero-order valence-electron chi connectivity index (χ0n) is 10.1. The molecule has 1 atom stereocenters. The highest BCUT2D eigenvalue weighted by atomic mass is 35.5. The number of carboxylic acids is 1. The quantitative estimate of drug-likeness (QED) is 0.824. The van der Waals surface area contributed by atoms with Crippen molar-refractivity contribution in [3.63, 3.8) is 0 Å². The van der Waals surface area contributed by atoms with Crippen LogP contribution >= 0.6 is 23.2 Å². The van der Waals surface area contributed by atoms with E-state index >= 15 is 0 Å². The fourth-order valence-corrected chi connectivity index (χ4v) is 2.23. The first-order valence-electron chi connectivity index (χ1n) is 5.68. The van der Waals surface area contributed by atoms with E-state index in [1.807, 2.05) is 0 Å². The summed E-state index contributed by atoms with van der Waals surface area (Å²) in [6.07, 6.45) is 0. The van der Waals surface area contributed by atoms with Crippen molar-refractivity contribution in [2.45, 2.75) is 6.04 Å². The summed E-state index contributed by atoms with van der Waals surface area (Å²) in [7, 11) is 0. The molecule has 2 aromatic carbocycles. The van der Waals surface area contributed by atoms with Crippen LogP contribution in [0.3, 0.4) is 0 Å². The van der Waals surface area contributed by atoms with Gasteiger partial charge in [-0.25, -0.2) is 9.18 Å². The third-order valence-corrected chi connectivity index (χ3v) is 3.22. The fourth-order valence-electron chi connectivity index (χ4n) is 1.74. The van der Waals surface area contributed by atoms with Crippen LogP contribution in [0.25, 0.3) is 0 Å². The van der Waals surface area contributed by atoms with Crippen LogP contribution in [-0.4, -0.2) is 11.1 Å². The lowest BCUT2D eigenvalue weighted by atomic mass is 10.1. The van der Waals surface area contributed by atoms with Crippen molar-refractivity contribution in [2.75, 3.05) is 5.32 Å². The van der Waals surface area contributed by atoms with Gasteiger partial charge in [-0.1, -0.05) is 53.5 Å². The molecule has 0 saturated heterocycles. The first kappa shape index (κ1) is 14.6. The summed E-state index contributed by atoms with van der Waals surface area (Å²) in [5, 5.41) is 11.7. The molecule has 20 heavy (non-hydrogen) atoms. The van der Waals surface area contributed by atoms with Crippen molar-refractivity contribution in [3.05, 3.63) is 63.9 Å². The summed E-state index contributed by atoms with van der Waals surface area (Å²) in [6, 6.07) is 10.2. The van der Waals surface area contributed by atoms with E-state index in [1.54, 1.807) is 30.3 Å². The first-order chi connectivity index (χ1) is 9.49. The standard InChI is InChI=1S/C14H10Cl2FNO2/c15-10-6-9(7-11(16)12(10)17)18-13(14(19)20)8-4-2-1-3-5-8/h1-7,13,18H,(H,19,20). The fraction of sp³-hybridized carbons (Fsp3) is 0.0714. The molecule has 0 aromatic heterocycles. The summed E-state index contributed by atoms with van der Waals surface area (Å²) >= 11 is 11.4. The zero-order chi connectivity index (χ0) is 14.7. The van der Waals surface area contributed by atoms with Crippen LogP contribution in [0.1, 0.15) is 11.6 Å². The molecule has 104 valence electrons. The highest BCUT2D eigenvalue weighted by molar-refractivity contribution is 6.35. The Bertz CT molecular complexity index is 611. The van der Waals surface area contributed by atoms with E-state index in [1.165, 1.54) is 12.1 Å². The zero-order valence-corrected chi connectivity index (χ0v) is 11.6. The van der Waals surface area contributed by atoms with Crippen LogP contribution in [-0.2, 0) is 4.79 Å². The maximum absolute atomic E-state index is 13.3. The summed E-state index contributed by atoms with van der Waals surface area (Å²) in [5.41, 5.74) is 0.897. The minimum absolute atomic E-state index is 0.169. The lowest BCUT2D eigenvalue weighted by Crippen LogP contribution is -2.20. The van der Waals surface area contributed by atoms with Gasteiger partial charge in [-0.15, -0.1) is 0 Å². The Morgan fingerprint density at radius 1 is 1.15 bits per heavy atom.